The maximum Gasteiger partial charge on any atom is 0.243 e. The molecule has 148 valence electrons. The van der Waals surface area contributed by atoms with E-state index in [-0.39, 0.29) is 23.3 Å². The Hall–Kier alpha value is -2.13. The van der Waals surface area contributed by atoms with Crippen LogP contribution in [-0.4, -0.2) is 68.8 Å². The first kappa shape index (κ1) is 19.6. The van der Waals surface area contributed by atoms with Crippen molar-refractivity contribution >= 4 is 21.8 Å². The summed E-state index contributed by atoms with van der Waals surface area (Å²) >= 11 is 0. The van der Waals surface area contributed by atoms with E-state index in [1.54, 1.807) is 24.0 Å². The van der Waals surface area contributed by atoms with Crippen molar-refractivity contribution in [3.63, 3.8) is 0 Å². The molecule has 9 heteroatoms. The van der Waals surface area contributed by atoms with Crippen LogP contribution < -0.4 is 10.1 Å². The van der Waals surface area contributed by atoms with Crippen LogP contribution in [-0.2, 0) is 19.6 Å². The van der Waals surface area contributed by atoms with Crippen LogP contribution in [0.2, 0.25) is 0 Å². The Kier molecular flexibility index (Phi) is 5.71. The first-order valence-corrected chi connectivity index (χ1v) is 10.5. The van der Waals surface area contributed by atoms with Crippen LogP contribution in [0.1, 0.15) is 19.8 Å². The molecule has 0 unspecified atom stereocenters. The van der Waals surface area contributed by atoms with Gasteiger partial charge in [-0.2, -0.15) is 4.31 Å². The van der Waals surface area contributed by atoms with Gasteiger partial charge in [0.05, 0.1) is 17.9 Å². The number of piperidine rings is 1. The summed E-state index contributed by atoms with van der Waals surface area (Å²) in [6, 6.07) is 5.70. The lowest BCUT2D eigenvalue weighted by Gasteiger charge is -2.38. The zero-order chi connectivity index (χ0) is 19.6. The second-order valence-electron chi connectivity index (χ2n) is 6.88. The minimum absolute atomic E-state index is 0.137. The number of hydrogen-bond donors (Lipinski definition) is 1. The van der Waals surface area contributed by atoms with Crippen molar-refractivity contribution in [3.8, 4) is 5.75 Å². The van der Waals surface area contributed by atoms with Crippen molar-refractivity contribution in [1.82, 2.24) is 14.5 Å². The summed E-state index contributed by atoms with van der Waals surface area (Å²) in [6.07, 6.45) is 1.23. The molecule has 0 spiro atoms. The Morgan fingerprint density at radius 1 is 1.22 bits per heavy atom. The lowest BCUT2D eigenvalue weighted by molar-refractivity contribution is -0.146. The van der Waals surface area contributed by atoms with Gasteiger partial charge in [-0.25, -0.2) is 8.42 Å². The van der Waals surface area contributed by atoms with Gasteiger partial charge in [0.1, 0.15) is 11.8 Å². The van der Waals surface area contributed by atoms with E-state index in [0.717, 1.165) is 0 Å². The summed E-state index contributed by atoms with van der Waals surface area (Å²) in [5.74, 6) is -0.168. The number of methoxy groups -OCH3 is 1. The van der Waals surface area contributed by atoms with Crippen LogP contribution in [0.3, 0.4) is 0 Å². The summed E-state index contributed by atoms with van der Waals surface area (Å²) in [6.45, 7) is 3.09. The van der Waals surface area contributed by atoms with E-state index in [1.165, 1.54) is 23.5 Å². The van der Waals surface area contributed by atoms with Gasteiger partial charge in [-0.3, -0.25) is 9.59 Å². The van der Waals surface area contributed by atoms with Crippen LogP contribution >= 0.6 is 0 Å². The predicted octanol–water partition coefficient (Wildman–Crippen LogP) is 0.443. The average molecular weight is 395 g/mol. The summed E-state index contributed by atoms with van der Waals surface area (Å²) < 4.78 is 32.3. The van der Waals surface area contributed by atoms with Gasteiger partial charge in [0, 0.05) is 26.2 Å². The molecule has 1 N–H and O–H groups in total. The fraction of sp³-hybridized carbons (Fsp3) is 0.556. The highest BCUT2D eigenvalue weighted by atomic mass is 32.2. The maximum absolute atomic E-state index is 12.9. The number of piperazine rings is 1. The highest BCUT2D eigenvalue weighted by molar-refractivity contribution is 7.89. The quantitative estimate of drug-likeness (QED) is 0.798. The van der Waals surface area contributed by atoms with Gasteiger partial charge in [-0.15, -0.1) is 0 Å². The van der Waals surface area contributed by atoms with E-state index in [9.17, 15) is 18.0 Å². The first-order chi connectivity index (χ1) is 12.8. The predicted molar refractivity (Wildman–Crippen MR) is 98.7 cm³/mol. The SMILES string of the molecule is COc1ccc(S(=O)(=O)N2CCC[C@H](C(=O)N3CCNC(=O)[C@@H]3C)C2)cc1. The zero-order valence-electron chi connectivity index (χ0n) is 15.6. The number of hydrogen-bond acceptors (Lipinski definition) is 5. The highest BCUT2D eigenvalue weighted by Gasteiger charge is 2.38. The molecule has 0 aliphatic carbocycles. The molecule has 2 aliphatic heterocycles. The highest BCUT2D eigenvalue weighted by Crippen LogP contribution is 2.26. The number of carbonyl (C=O) groups excluding carboxylic acids is 2. The minimum atomic E-state index is -3.68. The second kappa shape index (κ2) is 7.85. The van der Waals surface area contributed by atoms with Crippen LogP contribution in [0.4, 0.5) is 0 Å². The molecule has 0 saturated carbocycles. The van der Waals surface area contributed by atoms with E-state index in [1.807, 2.05) is 0 Å². The van der Waals surface area contributed by atoms with Crippen molar-refractivity contribution in [2.45, 2.75) is 30.7 Å². The summed E-state index contributed by atoms with van der Waals surface area (Å²) in [7, 11) is -2.16. The molecule has 27 heavy (non-hydrogen) atoms. The zero-order valence-corrected chi connectivity index (χ0v) is 16.4. The Labute approximate surface area is 159 Å². The molecule has 0 aromatic heterocycles. The van der Waals surface area contributed by atoms with Gasteiger partial charge >= 0.3 is 0 Å². The standard InChI is InChI=1S/C18H25N3O5S/c1-13-17(22)19-9-11-21(13)18(23)14-4-3-10-20(12-14)27(24,25)16-7-5-15(26-2)6-8-16/h5-8,13-14H,3-4,9-12H2,1-2H3,(H,19,22)/t13-,14-/m0/s1. The second-order valence-corrected chi connectivity index (χ2v) is 8.81. The third-order valence-corrected chi connectivity index (χ3v) is 7.09. The fourth-order valence-corrected chi connectivity index (χ4v) is 5.10. The third-order valence-electron chi connectivity index (χ3n) is 5.21. The number of nitrogens with one attached hydrogen (secondary N) is 1. The Morgan fingerprint density at radius 2 is 1.93 bits per heavy atom. The fourth-order valence-electron chi connectivity index (χ4n) is 3.58. The average Bonchev–Trinajstić information content (AvgIpc) is 2.69. The molecule has 8 nitrogen and oxygen atoms in total. The smallest absolute Gasteiger partial charge is 0.243 e. The van der Waals surface area contributed by atoms with Gasteiger partial charge < -0.3 is 15.0 Å². The molecule has 2 fully saturated rings. The van der Waals surface area contributed by atoms with Crippen LogP contribution in [0.5, 0.6) is 5.75 Å². The van der Waals surface area contributed by atoms with Crippen LogP contribution in [0, 0.1) is 5.92 Å². The maximum atomic E-state index is 12.9. The molecule has 2 saturated heterocycles. The van der Waals surface area contributed by atoms with E-state index in [4.69, 9.17) is 4.74 Å². The number of ether oxygens (including phenoxy) is 1. The molecule has 0 radical (unpaired) electrons. The van der Waals surface area contributed by atoms with Crippen LogP contribution in [0.25, 0.3) is 0 Å². The summed E-state index contributed by atoms with van der Waals surface area (Å²) in [5, 5.41) is 2.73. The van der Waals surface area contributed by atoms with Gasteiger partial charge in [-0.1, -0.05) is 0 Å². The molecule has 1 aromatic carbocycles. The van der Waals surface area contributed by atoms with Gasteiger partial charge in [-0.05, 0) is 44.0 Å². The summed E-state index contributed by atoms with van der Waals surface area (Å²) in [4.78, 5) is 26.5. The van der Waals surface area contributed by atoms with E-state index in [2.05, 4.69) is 5.32 Å². The number of nitrogens with zero attached hydrogens (tertiary/aromatic N) is 2. The van der Waals surface area contributed by atoms with Gasteiger partial charge in [0.2, 0.25) is 21.8 Å². The lowest BCUT2D eigenvalue weighted by Crippen LogP contribution is -2.58. The number of sulfonamides is 1. The van der Waals surface area contributed by atoms with Crippen molar-refractivity contribution in [2.24, 2.45) is 5.92 Å². The minimum Gasteiger partial charge on any atom is -0.497 e. The van der Waals surface area contributed by atoms with Crippen molar-refractivity contribution in [1.29, 1.82) is 0 Å². The Balaban J connectivity index is 1.74. The first-order valence-electron chi connectivity index (χ1n) is 9.07. The van der Waals surface area contributed by atoms with Crippen molar-refractivity contribution in [2.75, 3.05) is 33.3 Å². The van der Waals surface area contributed by atoms with E-state index >= 15 is 0 Å². The topological polar surface area (TPSA) is 96.0 Å². The normalized spacial score (nSPS) is 24.4. The largest absolute Gasteiger partial charge is 0.497 e. The molecule has 1 aromatic rings. The molecule has 2 heterocycles. The number of carbonyl (C=O) groups is 2. The van der Waals surface area contributed by atoms with E-state index < -0.39 is 22.0 Å². The molecular formula is C18H25N3O5S. The lowest BCUT2D eigenvalue weighted by atomic mass is 9.97. The van der Waals surface area contributed by atoms with Crippen molar-refractivity contribution in [3.05, 3.63) is 24.3 Å². The summed E-state index contributed by atoms with van der Waals surface area (Å²) in [5.41, 5.74) is 0. The van der Waals surface area contributed by atoms with Gasteiger partial charge in [0.25, 0.3) is 0 Å². The Morgan fingerprint density at radius 3 is 2.59 bits per heavy atom. The molecule has 2 amide bonds. The van der Waals surface area contributed by atoms with Crippen molar-refractivity contribution < 1.29 is 22.7 Å². The Bertz CT molecular complexity index is 809. The number of rotatable bonds is 4. The van der Waals surface area contributed by atoms with Crippen LogP contribution in [0.15, 0.2) is 29.2 Å². The third kappa shape index (κ3) is 3.93. The monoisotopic (exact) mass is 395 g/mol. The molecule has 0 bridgehead atoms. The van der Waals surface area contributed by atoms with Gasteiger partial charge in [0.15, 0.2) is 0 Å². The molecular weight excluding hydrogens is 370 g/mol. The molecule has 2 atom stereocenters. The van der Waals surface area contributed by atoms with E-state index in [0.29, 0.717) is 38.2 Å². The number of amides is 2. The molecule has 2 aliphatic rings. The number of benzene rings is 1. The molecule has 3 rings (SSSR count).